The Morgan fingerprint density at radius 3 is 2.64 bits per heavy atom. The van der Waals surface area contributed by atoms with Crippen LogP contribution in [-0.4, -0.2) is 28.2 Å². The van der Waals surface area contributed by atoms with Crippen molar-refractivity contribution in [1.29, 1.82) is 0 Å². The number of aliphatic imine (C=N–C) groups is 1. The van der Waals surface area contributed by atoms with E-state index in [9.17, 15) is 0 Å². The highest BCUT2D eigenvalue weighted by Gasteiger charge is 2.08. The maximum absolute atomic E-state index is 5.88. The molecular weight excluding hydrogens is 455 g/mol. The number of hydrogen-bond acceptors (Lipinski definition) is 4. The van der Waals surface area contributed by atoms with Gasteiger partial charge in [-0.25, -0.2) is 4.98 Å². The number of nitrogens with one attached hydrogen (secondary N) is 3. The third kappa shape index (κ3) is 5.46. The number of hydrogen-bond donors (Lipinski definition) is 3. The number of guanidine groups is 1. The fraction of sp³-hybridized carbons (Fsp3) is 0.188. The third-order valence-corrected chi connectivity index (χ3v) is 3.55. The van der Waals surface area contributed by atoms with Crippen molar-refractivity contribution in [3.05, 3.63) is 59.1 Å². The number of aromatic amines is 1. The van der Waals surface area contributed by atoms with Crippen LogP contribution in [-0.2, 0) is 13.1 Å². The summed E-state index contributed by atoms with van der Waals surface area (Å²) in [6.45, 7) is 1.11. The summed E-state index contributed by atoms with van der Waals surface area (Å²) >= 11 is 5.88. The fourth-order valence-electron chi connectivity index (χ4n) is 2.07. The molecule has 2 aromatic heterocycles. The molecule has 7 nitrogen and oxygen atoms in total. The highest BCUT2D eigenvalue weighted by molar-refractivity contribution is 14.0. The second kappa shape index (κ2) is 9.42. The van der Waals surface area contributed by atoms with Crippen LogP contribution in [0, 0.1) is 0 Å². The maximum atomic E-state index is 5.88. The third-order valence-electron chi connectivity index (χ3n) is 3.29. The maximum Gasteiger partial charge on any atom is 0.216 e. The molecule has 3 aromatic rings. The highest BCUT2D eigenvalue weighted by atomic mass is 127. The Morgan fingerprint density at radius 2 is 1.96 bits per heavy atom. The minimum Gasteiger partial charge on any atom is -0.461 e. The Morgan fingerprint density at radius 1 is 1.20 bits per heavy atom. The Labute approximate surface area is 167 Å². The molecule has 0 saturated carbocycles. The van der Waals surface area contributed by atoms with Crippen LogP contribution in [0.2, 0.25) is 5.02 Å². The minimum atomic E-state index is 0. The second-order valence-corrected chi connectivity index (χ2v) is 5.43. The van der Waals surface area contributed by atoms with Crippen molar-refractivity contribution in [3.8, 4) is 11.6 Å². The second-order valence-electron chi connectivity index (χ2n) is 4.99. The smallest absolute Gasteiger partial charge is 0.216 e. The van der Waals surface area contributed by atoms with Crippen LogP contribution in [0.1, 0.15) is 11.4 Å². The average molecular weight is 473 g/mol. The largest absolute Gasteiger partial charge is 0.461 e. The lowest BCUT2D eigenvalue weighted by Gasteiger charge is -2.10. The zero-order valence-corrected chi connectivity index (χ0v) is 16.6. The highest BCUT2D eigenvalue weighted by Crippen LogP contribution is 2.14. The summed E-state index contributed by atoms with van der Waals surface area (Å²) in [6, 6.07) is 11.3. The molecule has 0 bridgehead atoms. The number of halogens is 2. The standard InChI is InChI=1S/C16H17ClN6O.HI/c1-18-16(19-9-11-4-6-12(17)7-5-11)20-10-14-21-15(23-22-14)13-3-2-8-24-13;/h2-8H,9-10H2,1H3,(H2,18,19,20)(H,21,22,23);1H. The molecule has 0 aliphatic heterocycles. The van der Waals surface area contributed by atoms with Gasteiger partial charge in [-0.05, 0) is 29.8 Å². The number of rotatable bonds is 5. The van der Waals surface area contributed by atoms with E-state index in [1.54, 1.807) is 19.4 Å². The van der Waals surface area contributed by atoms with Crippen molar-refractivity contribution >= 4 is 41.5 Å². The first kappa shape index (κ1) is 19.3. The molecule has 0 spiro atoms. The number of H-pyrrole nitrogens is 1. The van der Waals surface area contributed by atoms with Crippen molar-refractivity contribution < 1.29 is 4.42 Å². The van der Waals surface area contributed by atoms with E-state index in [1.165, 1.54) is 0 Å². The summed E-state index contributed by atoms with van der Waals surface area (Å²) in [5.41, 5.74) is 1.11. The first-order valence-electron chi connectivity index (χ1n) is 7.38. The van der Waals surface area contributed by atoms with Crippen molar-refractivity contribution in [2.75, 3.05) is 7.05 Å². The van der Waals surface area contributed by atoms with Crippen molar-refractivity contribution in [2.45, 2.75) is 13.1 Å². The molecule has 0 fully saturated rings. The van der Waals surface area contributed by atoms with Gasteiger partial charge in [0.15, 0.2) is 11.7 Å². The Hall–Kier alpha value is -2.07. The molecule has 0 aliphatic rings. The lowest BCUT2D eigenvalue weighted by atomic mass is 10.2. The molecule has 3 rings (SSSR count). The number of nitrogens with zero attached hydrogens (tertiary/aromatic N) is 3. The molecule has 0 saturated heterocycles. The molecule has 3 N–H and O–H groups in total. The predicted octanol–water partition coefficient (Wildman–Crippen LogP) is 3.20. The monoisotopic (exact) mass is 472 g/mol. The first-order chi connectivity index (χ1) is 11.7. The van der Waals surface area contributed by atoms with Gasteiger partial charge in [0.1, 0.15) is 5.82 Å². The van der Waals surface area contributed by atoms with E-state index in [0.29, 0.717) is 36.5 Å². The molecule has 2 heterocycles. The zero-order valence-electron chi connectivity index (χ0n) is 13.5. The average Bonchev–Trinajstić information content (AvgIpc) is 3.28. The van der Waals surface area contributed by atoms with Crippen molar-refractivity contribution in [3.63, 3.8) is 0 Å². The van der Waals surface area contributed by atoms with Crippen LogP contribution in [0.25, 0.3) is 11.6 Å². The summed E-state index contributed by atoms with van der Waals surface area (Å²) in [5, 5.41) is 14.1. The van der Waals surface area contributed by atoms with Gasteiger partial charge in [-0.3, -0.25) is 10.1 Å². The molecule has 0 radical (unpaired) electrons. The molecular formula is C16H18ClIN6O. The molecule has 9 heteroatoms. The lowest BCUT2D eigenvalue weighted by Crippen LogP contribution is -2.36. The molecule has 132 valence electrons. The minimum absolute atomic E-state index is 0. The van der Waals surface area contributed by atoms with E-state index in [2.05, 4.69) is 30.8 Å². The fourth-order valence-corrected chi connectivity index (χ4v) is 2.19. The van der Waals surface area contributed by atoms with Gasteiger partial charge >= 0.3 is 0 Å². The van der Waals surface area contributed by atoms with Crippen molar-refractivity contribution in [1.82, 2.24) is 25.8 Å². The number of furan rings is 1. The van der Waals surface area contributed by atoms with Crippen LogP contribution >= 0.6 is 35.6 Å². The summed E-state index contributed by atoms with van der Waals surface area (Å²) < 4.78 is 5.26. The van der Waals surface area contributed by atoms with Gasteiger partial charge in [-0.15, -0.1) is 29.1 Å². The van der Waals surface area contributed by atoms with Gasteiger partial charge in [0.2, 0.25) is 5.82 Å². The van der Waals surface area contributed by atoms with Gasteiger partial charge in [0, 0.05) is 18.6 Å². The lowest BCUT2D eigenvalue weighted by molar-refractivity contribution is 0.577. The summed E-state index contributed by atoms with van der Waals surface area (Å²) in [4.78, 5) is 8.55. The van der Waals surface area contributed by atoms with Crippen LogP contribution in [0.5, 0.6) is 0 Å². The van der Waals surface area contributed by atoms with Gasteiger partial charge in [-0.2, -0.15) is 0 Å². The predicted molar refractivity (Wildman–Crippen MR) is 108 cm³/mol. The summed E-state index contributed by atoms with van der Waals surface area (Å²) in [7, 11) is 1.71. The van der Waals surface area contributed by atoms with Crippen LogP contribution in [0.4, 0.5) is 0 Å². The van der Waals surface area contributed by atoms with E-state index in [-0.39, 0.29) is 24.0 Å². The molecule has 25 heavy (non-hydrogen) atoms. The Balaban J connectivity index is 0.00000225. The van der Waals surface area contributed by atoms with Crippen LogP contribution < -0.4 is 10.6 Å². The number of aromatic nitrogens is 3. The zero-order chi connectivity index (χ0) is 16.8. The van der Waals surface area contributed by atoms with Crippen LogP contribution in [0.3, 0.4) is 0 Å². The van der Waals surface area contributed by atoms with E-state index in [4.69, 9.17) is 16.0 Å². The quantitative estimate of drug-likeness (QED) is 0.301. The van der Waals surface area contributed by atoms with Gasteiger partial charge in [-0.1, -0.05) is 23.7 Å². The van der Waals surface area contributed by atoms with Crippen LogP contribution in [0.15, 0.2) is 52.1 Å². The van der Waals surface area contributed by atoms with E-state index < -0.39 is 0 Å². The number of benzene rings is 1. The van der Waals surface area contributed by atoms with E-state index in [1.807, 2.05) is 30.3 Å². The molecule has 0 unspecified atom stereocenters. The summed E-state index contributed by atoms with van der Waals surface area (Å²) in [6.07, 6.45) is 1.59. The SMILES string of the molecule is CN=C(NCc1ccc(Cl)cc1)NCc1nc(-c2ccco2)n[nH]1.I. The summed E-state index contributed by atoms with van der Waals surface area (Å²) in [5.74, 6) is 2.51. The Bertz CT molecular complexity index is 800. The van der Waals surface area contributed by atoms with E-state index >= 15 is 0 Å². The van der Waals surface area contributed by atoms with Gasteiger partial charge in [0.25, 0.3) is 0 Å². The molecule has 1 aromatic carbocycles. The topological polar surface area (TPSA) is 91.1 Å². The first-order valence-corrected chi connectivity index (χ1v) is 7.76. The Kier molecular flexibility index (Phi) is 7.26. The van der Waals surface area contributed by atoms with E-state index in [0.717, 1.165) is 10.6 Å². The van der Waals surface area contributed by atoms with Gasteiger partial charge in [0.05, 0.1) is 12.8 Å². The normalized spacial score (nSPS) is 11.0. The molecule has 0 aliphatic carbocycles. The van der Waals surface area contributed by atoms with Crippen molar-refractivity contribution in [2.24, 2.45) is 4.99 Å². The van der Waals surface area contributed by atoms with Gasteiger partial charge < -0.3 is 15.1 Å². The molecule has 0 atom stereocenters. The molecule has 0 amide bonds.